The molecule has 154 valence electrons. The highest BCUT2D eigenvalue weighted by Gasteiger charge is 2.35. The lowest BCUT2D eigenvalue weighted by atomic mass is 10.0. The zero-order valence-corrected chi connectivity index (χ0v) is 17.0. The number of nitrogens with one attached hydrogen (secondary N) is 2. The topological polar surface area (TPSA) is 178 Å². The van der Waals surface area contributed by atoms with Crippen molar-refractivity contribution in [3.63, 3.8) is 0 Å². The van der Waals surface area contributed by atoms with Crippen molar-refractivity contribution >= 4 is 44.9 Å². The summed E-state index contributed by atoms with van der Waals surface area (Å²) in [4.78, 5) is 4.08. The molecule has 0 bridgehead atoms. The predicted molar refractivity (Wildman–Crippen MR) is 112 cm³/mol. The summed E-state index contributed by atoms with van der Waals surface area (Å²) in [5, 5.41) is 25.3. The van der Waals surface area contributed by atoms with Crippen LogP contribution in [0.1, 0.15) is 0 Å². The second-order valence-corrected chi connectivity index (χ2v) is 9.24. The van der Waals surface area contributed by atoms with Gasteiger partial charge in [0.15, 0.2) is 9.84 Å². The lowest BCUT2D eigenvalue weighted by Gasteiger charge is -2.27. The Bertz CT molecular complexity index is 1290. The van der Waals surface area contributed by atoms with Gasteiger partial charge in [-0.05, 0) is 27.8 Å². The van der Waals surface area contributed by atoms with Crippen molar-refractivity contribution < 1.29 is 13.0 Å². The van der Waals surface area contributed by atoms with E-state index >= 15 is 0 Å². The van der Waals surface area contributed by atoms with Crippen molar-refractivity contribution in [3.8, 4) is 0 Å². The van der Waals surface area contributed by atoms with Gasteiger partial charge in [-0.2, -0.15) is 0 Å². The molecular formula is C17H16N8O3S2. The first-order valence-corrected chi connectivity index (χ1v) is 11.0. The van der Waals surface area contributed by atoms with E-state index in [1.54, 1.807) is 30.4 Å². The summed E-state index contributed by atoms with van der Waals surface area (Å²) >= 11 is 0.295. The summed E-state index contributed by atoms with van der Waals surface area (Å²) in [6.45, 7) is 0.677. The molecule has 1 saturated heterocycles. The van der Waals surface area contributed by atoms with Crippen LogP contribution in [0.4, 0.5) is 0 Å². The molecule has 1 aromatic rings. The smallest absolute Gasteiger partial charge is 0.213 e. The van der Waals surface area contributed by atoms with E-state index in [0.29, 0.717) is 41.6 Å². The number of hydrogen-bond acceptors (Lipinski definition) is 10. The molecule has 0 unspecified atom stereocenters. The van der Waals surface area contributed by atoms with Crippen molar-refractivity contribution in [2.75, 3.05) is 13.1 Å². The van der Waals surface area contributed by atoms with Gasteiger partial charge in [-0.1, -0.05) is 24.3 Å². The van der Waals surface area contributed by atoms with Gasteiger partial charge < -0.3 is 15.6 Å². The molecule has 1 aromatic carbocycles. The number of rotatable bonds is 3. The van der Waals surface area contributed by atoms with Crippen LogP contribution in [0.3, 0.4) is 0 Å². The molecule has 5 N–H and O–H groups in total. The van der Waals surface area contributed by atoms with Crippen molar-refractivity contribution in [1.82, 2.24) is 5.32 Å². The van der Waals surface area contributed by atoms with Gasteiger partial charge >= 0.3 is 0 Å². The zero-order chi connectivity index (χ0) is 21.3. The Hall–Kier alpha value is -3.00. The number of sulfone groups is 1. The summed E-state index contributed by atoms with van der Waals surface area (Å²) in [6, 6.07) is 3.04. The SMILES string of the molecule is N=C(N)N=C1C=CC=CC1=c1ccc(S(=O)(=O)C2CNC2)c(SO)c1=C1N=NN=N1. The number of nitrogens with two attached hydrogens (primary N) is 1. The van der Waals surface area contributed by atoms with Crippen LogP contribution in [0.15, 0.2) is 71.9 Å². The minimum atomic E-state index is -3.70. The van der Waals surface area contributed by atoms with Gasteiger partial charge in [0.05, 0.1) is 20.8 Å². The fourth-order valence-corrected chi connectivity index (χ4v) is 5.72. The molecule has 13 heteroatoms. The standard InChI is InChI=1S/C17H16N8O3S2/c18-17(19)21-12-4-2-1-3-10(12)11-5-6-13(30(27,28)9-7-20-8-9)15(29-26)14(11)16-22-24-25-23-16/h1-6,9,20,26H,7-8H2,(H3,18,19). The number of benzene rings is 1. The summed E-state index contributed by atoms with van der Waals surface area (Å²) in [7, 11) is -3.70. The Morgan fingerprint density at radius 2 is 1.93 bits per heavy atom. The average molecular weight is 445 g/mol. The molecule has 3 aliphatic rings. The Morgan fingerprint density at radius 3 is 2.53 bits per heavy atom. The van der Waals surface area contributed by atoms with Crippen LogP contribution in [0.2, 0.25) is 0 Å². The Morgan fingerprint density at radius 1 is 1.23 bits per heavy atom. The number of nitrogens with zero attached hydrogens (tertiary/aromatic N) is 5. The molecule has 4 rings (SSSR count). The molecule has 0 atom stereocenters. The van der Waals surface area contributed by atoms with E-state index in [9.17, 15) is 13.0 Å². The first kappa shape index (κ1) is 20.3. The van der Waals surface area contributed by atoms with Crippen LogP contribution < -0.4 is 21.5 Å². The predicted octanol–water partition coefficient (Wildman–Crippen LogP) is 0.507. The summed E-state index contributed by atoms with van der Waals surface area (Å²) in [6.07, 6.45) is 6.90. The quantitative estimate of drug-likeness (QED) is 0.299. The molecule has 2 heterocycles. The fourth-order valence-electron chi connectivity index (χ4n) is 3.16. The molecule has 0 aromatic heterocycles. The van der Waals surface area contributed by atoms with E-state index in [1.165, 1.54) is 6.07 Å². The minimum absolute atomic E-state index is 0.0222. The highest BCUT2D eigenvalue weighted by Crippen LogP contribution is 2.26. The molecule has 2 aliphatic heterocycles. The van der Waals surface area contributed by atoms with Crippen LogP contribution in [-0.2, 0) is 9.84 Å². The highest BCUT2D eigenvalue weighted by molar-refractivity contribution is 7.96. The molecule has 0 saturated carbocycles. The molecule has 30 heavy (non-hydrogen) atoms. The van der Waals surface area contributed by atoms with Gasteiger partial charge in [0, 0.05) is 35.9 Å². The van der Waals surface area contributed by atoms with Crippen LogP contribution in [0.25, 0.3) is 11.4 Å². The maximum absolute atomic E-state index is 13.1. The summed E-state index contributed by atoms with van der Waals surface area (Å²) in [5.74, 6) is -0.326. The van der Waals surface area contributed by atoms with E-state index in [2.05, 4.69) is 31.0 Å². The normalized spacial score (nSPS) is 21.5. The summed E-state index contributed by atoms with van der Waals surface area (Å²) in [5.41, 5.74) is 6.39. The first-order valence-electron chi connectivity index (χ1n) is 8.70. The summed E-state index contributed by atoms with van der Waals surface area (Å²) < 4.78 is 36.2. The number of hydrogen-bond donors (Lipinski definition) is 4. The van der Waals surface area contributed by atoms with Crippen molar-refractivity contribution in [2.45, 2.75) is 15.0 Å². The first-order chi connectivity index (χ1) is 14.4. The molecule has 0 amide bonds. The molecule has 1 aliphatic carbocycles. The lowest BCUT2D eigenvalue weighted by Crippen LogP contribution is -2.51. The maximum atomic E-state index is 13.1. The lowest BCUT2D eigenvalue weighted by molar-refractivity contribution is 0.494. The van der Waals surface area contributed by atoms with E-state index in [-0.39, 0.29) is 26.8 Å². The van der Waals surface area contributed by atoms with Crippen molar-refractivity contribution in [2.24, 2.45) is 31.4 Å². The van der Waals surface area contributed by atoms with E-state index in [4.69, 9.17) is 11.1 Å². The highest BCUT2D eigenvalue weighted by atomic mass is 32.2. The Labute approximate surface area is 175 Å². The van der Waals surface area contributed by atoms with E-state index in [1.807, 2.05) is 0 Å². The number of aliphatic imine (C=N–C) groups is 1. The molecule has 0 radical (unpaired) electrons. The molecular weight excluding hydrogens is 428 g/mol. The van der Waals surface area contributed by atoms with Gasteiger partial charge in [0.25, 0.3) is 0 Å². The fraction of sp³-hybridized carbons (Fsp3) is 0.176. The van der Waals surface area contributed by atoms with Gasteiger partial charge in [0.1, 0.15) is 0 Å². The monoisotopic (exact) mass is 444 g/mol. The zero-order valence-electron chi connectivity index (χ0n) is 15.3. The van der Waals surface area contributed by atoms with Crippen LogP contribution >= 0.6 is 12.0 Å². The molecule has 0 spiro atoms. The van der Waals surface area contributed by atoms with E-state index in [0.717, 1.165) is 0 Å². The van der Waals surface area contributed by atoms with Crippen LogP contribution in [0.5, 0.6) is 0 Å². The van der Waals surface area contributed by atoms with Crippen LogP contribution in [0, 0.1) is 5.41 Å². The largest absolute Gasteiger partial charge is 0.368 e. The van der Waals surface area contributed by atoms with Gasteiger partial charge in [0.2, 0.25) is 11.8 Å². The van der Waals surface area contributed by atoms with Crippen molar-refractivity contribution in [3.05, 3.63) is 46.9 Å². The Kier molecular flexibility index (Phi) is 5.42. The number of guanidine groups is 1. The third-order valence-corrected chi connectivity index (χ3v) is 7.58. The maximum Gasteiger partial charge on any atom is 0.213 e. The second-order valence-electron chi connectivity index (χ2n) is 6.45. The van der Waals surface area contributed by atoms with Gasteiger partial charge in [-0.15, -0.1) is 10.2 Å². The minimum Gasteiger partial charge on any atom is -0.368 e. The van der Waals surface area contributed by atoms with Gasteiger partial charge in [-0.25, -0.2) is 13.4 Å². The van der Waals surface area contributed by atoms with Gasteiger partial charge in [-0.3, -0.25) is 5.41 Å². The third kappa shape index (κ3) is 3.52. The van der Waals surface area contributed by atoms with E-state index < -0.39 is 15.1 Å². The second kappa shape index (κ2) is 8.02. The molecule has 1 fully saturated rings. The number of allylic oxidation sites excluding steroid dienone is 4. The average Bonchev–Trinajstić information content (AvgIpc) is 3.19. The van der Waals surface area contributed by atoms with Crippen LogP contribution in [-0.4, -0.2) is 43.0 Å². The molecule has 11 nitrogen and oxygen atoms in total. The third-order valence-electron chi connectivity index (χ3n) is 4.68. The van der Waals surface area contributed by atoms with Crippen molar-refractivity contribution in [1.29, 1.82) is 5.41 Å². The Balaban J connectivity index is 2.13.